The highest BCUT2D eigenvalue weighted by molar-refractivity contribution is 7.91. The highest BCUT2D eigenvalue weighted by Gasteiger charge is 2.33. The summed E-state index contributed by atoms with van der Waals surface area (Å²) in [4.78, 5) is 4.45. The minimum Gasteiger partial charge on any atom is -0.494 e. The second-order valence-electron chi connectivity index (χ2n) is 8.42. The second kappa shape index (κ2) is 10.6. The smallest absolute Gasteiger partial charge is 0.213 e. The fraction of sp³-hybridized carbons (Fsp3) is 0.320. The lowest BCUT2D eigenvalue weighted by Crippen LogP contribution is -2.27. The van der Waals surface area contributed by atoms with Crippen LogP contribution >= 0.6 is 0 Å². The number of aliphatic hydroxyl groups excluding tert-OH is 1. The van der Waals surface area contributed by atoms with Crippen LogP contribution in [0.2, 0.25) is 0 Å². The number of hydrogen-bond donors (Lipinski definition) is 1. The predicted octanol–water partition coefficient (Wildman–Crippen LogP) is 2.73. The number of para-hydroxylation sites is 1. The maximum Gasteiger partial charge on any atom is 0.213 e. The van der Waals surface area contributed by atoms with Crippen molar-refractivity contribution in [2.75, 3.05) is 21.3 Å². The van der Waals surface area contributed by atoms with Crippen LogP contribution in [0.25, 0.3) is 17.2 Å². The first-order chi connectivity index (χ1) is 17.7. The standard InChI is InChI=1S/C25H29N5O6S/c1-16(24(31)17-12-13-29(2)14-17)37(32,33)15-21-27-28-25(18-8-6-11-22(26-18)36-5)30(21)23-19(34-3)9-7-10-20(23)35-4/h6-14,16,24,31H,15H2,1-5H3/t16-,24+/m0/s1. The molecule has 1 N–H and O–H groups in total. The van der Waals surface area contributed by atoms with Gasteiger partial charge in [0.15, 0.2) is 21.5 Å². The van der Waals surface area contributed by atoms with Gasteiger partial charge in [0, 0.05) is 25.5 Å². The Morgan fingerprint density at radius 2 is 1.65 bits per heavy atom. The van der Waals surface area contributed by atoms with Gasteiger partial charge in [0.05, 0.1) is 32.7 Å². The summed E-state index contributed by atoms with van der Waals surface area (Å²) >= 11 is 0. The third kappa shape index (κ3) is 5.16. The number of sulfone groups is 1. The van der Waals surface area contributed by atoms with E-state index in [2.05, 4.69) is 15.2 Å². The number of ether oxygens (including phenoxy) is 3. The van der Waals surface area contributed by atoms with E-state index in [-0.39, 0.29) is 11.6 Å². The SMILES string of the molecule is COc1cccc(-c2nnc(CS(=O)(=O)[C@@H](C)[C@@H](O)c3ccn(C)c3)n2-c2c(OC)cccc2OC)n1. The van der Waals surface area contributed by atoms with Gasteiger partial charge in [-0.25, -0.2) is 13.4 Å². The molecule has 2 atom stereocenters. The van der Waals surface area contributed by atoms with Crippen molar-refractivity contribution in [2.45, 2.75) is 24.0 Å². The van der Waals surface area contributed by atoms with E-state index in [0.717, 1.165) is 0 Å². The van der Waals surface area contributed by atoms with Crippen molar-refractivity contribution in [2.24, 2.45) is 7.05 Å². The predicted molar refractivity (Wildman–Crippen MR) is 137 cm³/mol. The summed E-state index contributed by atoms with van der Waals surface area (Å²) in [6.45, 7) is 1.47. The first kappa shape index (κ1) is 26.2. The third-order valence-corrected chi connectivity index (χ3v) is 8.11. The Labute approximate surface area is 215 Å². The average molecular weight is 528 g/mol. The Balaban J connectivity index is 1.85. The van der Waals surface area contributed by atoms with E-state index < -0.39 is 26.9 Å². The maximum absolute atomic E-state index is 13.5. The molecular formula is C25H29N5O6S. The van der Waals surface area contributed by atoms with Gasteiger partial charge in [0.25, 0.3) is 0 Å². The highest BCUT2D eigenvalue weighted by Crippen LogP contribution is 2.37. The van der Waals surface area contributed by atoms with Gasteiger partial charge in [0.2, 0.25) is 5.88 Å². The van der Waals surface area contributed by atoms with Gasteiger partial charge in [-0.15, -0.1) is 10.2 Å². The fourth-order valence-corrected chi connectivity index (χ4v) is 5.35. The summed E-state index contributed by atoms with van der Waals surface area (Å²) in [5, 5.41) is 18.2. The van der Waals surface area contributed by atoms with E-state index in [4.69, 9.17) is 14.2 Å². The van der Waals surface area contributed by atoms with E-state index >= 15 is 0 Å². The van der Waals surface area contributed by atoms with Gasteiger partial charge in [-0.3, -0.25) is 4.57 Å². The van der Waals surface area contributed by atoms with Crippen LogP contribution in [-0.4, -0.2) is 64.4 Å². The Morgan fingerprint density at radius 3 is 2.24 bits per heavy atom. The van der Waals surface area contributed by atoms with Crippen LogP contribution in [0, 0.1) is 0 Å². The number of benzene rings is 1. The average Bonchev–Trinajstić information content (AvgIpc) is 3.52. The van der Waals surface area contributed by atoms with Gasteiger partial charge in [-0.05, 0) is 36.8 Å². The summed E-state index contributed by atoms with van der Waals surface area (Å²) in [7, 11) is 2.39. The lowest BCUT2D eigenvalue weighted by atomic mass is 10.1. The molecule has 11 nitrogen and oxygen atoms in total. The molecule has 0 aliphatic rings. The van der Waals surface area contributed by atoms with Crippen molar-refractivity contribution >= 4 is 9.84 Å². The number of rotatable bonds is 10. The molecule has 0 unspecified atom stereocenters. The van der Waals surface area contributed by atoms with Crippen LogP contribution < -0.4 is 14.2 Å². The van der Waals surface area contributed by atoms with E-state index in [0.29, 0.717) is 34.3 Å². The molecule has 4 aromatic rings. The summed E-state index contributed by atoms with van der Waals surface area (Å²) in [6.07, 6.45) is 2.21. The number of nitrogens with zero attached hydrogens (tertiary/aromatic N) is 5. The zero-order valence-electron chi connectivity index (χ0n) is 21.2. The minimum absolute atomic E-state index is 0.106. The molecule has 0 aliphatic heterocycles. The molecule has 0 bridgehead atoms. The van der Waals surface area contributed by atoms with Crippen molar-refractivity contribution in [1.82, 2.24) is 24.3 Å². The summed E-state index contributed by atoms with van der Waals surface area (Å²) in [5.74, 6) is 1.06. The summed E-state index contributed by atoms with van der Waals surface area (Å²) in [5.41, 5.74) is 1.33. The molecule has 0 spiro atoms. The quantitative estimate of drug-likeness (QED) is 0.331. The van der Waals surface area contributed by atoms with Crippen LogP contribution in [0.1, 0.15) is 24.4 Å². The van der Waals surface area contributed by atoms with Gasteiger partial charge < -0.3 is 23.9 Å². The fourth-order valence-electron chi connectivity index (χ4n) is 3.99. The largest absolute Gasteiger partial charge is 0.494 e. The van der Waals surface area contributed by atoms with Gasteiger partial charge in [-0.2, -0.15) is 0 Å². The molecule has 0 radical (unpaired) electrons. The molecule has 0 amide bonds. The second-order valence-corrected chi connectivity index (χ2v) is 10.8. The molecule has 0 saturated carbocycles. The number of methoxy groups -OCH3 is 3. The van der Waals surface area contributed by atoms with Crippen LogP contribution in [0.4, 0.5) is 0 Å². The first-order valence-electron chi connectivity index (χ1n) is 11.4. The van der Waals surface area contributed by atoms with Crippen molar-refractivity contribution < 1.29 is 27.7 Å². The molecule has 37 heavy (non-hydrogen) atoms. The number of aromatic nitrogens is 5. The maximum atomic E-state index is 13.5. The van der Waals surface area contributed by atoms with Crippen molar-refractivity contribution in [1.29, 1.82) is 0 Å². The van der Waals surface area contributed by atoms with E-state index in [1.165, 1.54) is 28.3 Å². The summed E-state index contributed by atoms with van der Waals surface area (Å²) < 4.78 is 46.8. The molecule has 4 rings (SSSR count). The van der Waals surface area contributed by atoms with Gasteiger partial charge >= 0.3 is 0 Å². The monoisotopic (exact) mass is 527 g/mol. The van der Waals surface area contributed by atoms with Crippen LogP contribution in [-0.2, 0) is 22.6 Å². The van der Waals surface area contributed by atoms with Crippen molar-refractivity contribution in [3.63, 3.8) is 0 Å². The number of pyridine rings is 1. The van der Waals surface area contributed by atoms with E-state index in [1.54, 1.807) is 71.0 Å². The van der Waals surface area contributed by atoms with E-state index in [1.807, 2.05) is 0 Å². The molecular weight excluding hydrogens is 498 g/mol. The van der Waals surface area contributed by atoms with E-state index in [9.17, 15) is 13.5 Å². The zero-order chi connectivity index (χ0) is 26.7. The normalized spacial score (nSPS) is 13.2. The number of aryl methyl sites for hydroxylation is 1. The third-order valence-electron chi connectivity index (χ3n) is 6.05. The van der Waals surface area contributed by atoms with Crippen LogP contribution in [0.15, 0.2) is 54.9 Å². The van der Waals surface area contributed by atoms with Crippen LogP contribution in [0.3, 0.4) is 0 Å². The van der Waals surface area contributed by atoms with Gasteiger partial charge in [0.1, 0.15) is 28.6 Å². The highest BCUT2D eigenvalue weighted by atomic mass is 32.2. The van der Waals surface area contributed by atoms with Crippen molar-refractivity contribution in [3.05, 3.63) is 66.2 Å². The first-order valence-corrected chi connectivity index (χ1v) is 13.1. The lowest BCUT2D eigenvalue weighted by molar-refractivity contribution is 0.176. The molecule has 0 saturated heterocycles. The number of aliphatic hydroxyl groups is 1. The Bertz CT molecular complexity index is 1470. The van der Waals surface area contributed by atoms with Crippen molar-refractivity contribution in [3.8, 4) is 34.6 Å². The van der Waals surface area contributed by atoms with Gasteiger partial charge in [-0.1, -0.05) is 12.1 Å². The molecule has 0 aliphatic carbocycles. The molecule has 1 aromatic carbocycles. The Kier molecular flexibility index (Phi) is 7.50. The molecule has 196 valence electrons. The minimum atomic E-state index is -3.91. The van der Waals surface area contributed by atoms with Crippen LogP contribution in [0.5, 0.6) is 17.4 Å². The Morgan fingerprint density at radius 1 is 0.973 bits per heavy atom. The molecule has 3 aromatic heterocycles. The topological polar surface area (TPSA) is 131 Å². The number of hydrogen-bond acceptors (Lipinski definition) is 9. The lowest BCUT2D eigenvalue weighted by Gasteiger charge is -2.20. The molecule has 12 heteroatoms. The molecule has 3 heterocycles. The summed E-state index contributed by atoms with van der Waals surface area (Å²) in [6, 6.07) is 12.0. The zero-order valence-corrected chi connectivity index (χ0v) is 22.0. The Hall–Kier alpha value is -3.90. The molecule has 0 fully saturated rings.